The average molecular weight is 463 g/mol. The number of esters is 2. The van der Waals surface area contributed by atoms with Crippen molar-refractivity contribution < 1.29 is 28.7 Å². The number of ether oxygens (including phenoxy) is 2. The van der Waals surface area contributed by atoms with E-state index in [1.807, 2.05) is 25.1 Å². The fourth-order valence-corrected chi connectivity index (χ4v) is 5.07. The summed E-state index contributed by atoms with van der Waals surface area (Å²) in [4.78, 5) is 50.6. The van der Waals surface area contributed by atoms with Crippen LogP contribution < -0.4 is 10.6 Å². The van der Waals surface area contributed by atoms with Crippen molar-refractivity contribution in [1.82, 2.24) is 0 Å². The van der Waals surface area contributed by atoms with Gasteiger partial charge in [-0.1, -0.05) is 12.1 Å². The molecule has 1 aromatic heterocycles. The quantitative estimate of drug-likeness (QED) is 0.606. The predicted molar refractivity (Wildman–Crippen MR) is 119 cm³/mol. The first-order valence-corrected chi connectivity index (χ1v) is 11.3. The Morgan fingerprint density at radius 3 is 2.65 bits per heavy atom. The van der Waals surface area contributed by atoms with Crippen LogP contribution in [0.15, 0.2) is 29.2 Å². The molecule has 2 N–H and O–H groups in total. The zero-order valence-electron chi connectivity index (χ0n) is 17.3. The lowest BCUT2D eigenvalue weighted by Crippen LogP contribution is -2.32. The lowest BCUT2D eigenvalue weighted by molar-refractivity contribution is -0.147. The molecular weight excluding hydrogens is 440 g/mol. The Morgan fingerprint density at radius 2 is 1.90 bits per heavy atom. The van der Waals surface area contributed by atoms with Crippen LogP contribution in [0.25, 0.3) is 0 Å². The topological polar surface area (TPSA) is 111 Å². The maximum atomic E-state index is 12.3. The van der Waals surface area contributed by atoms with Crippen molar-refractivity contribution in [1.29, 1.82) is 0 Å². The van der Waals surface area contributed by atoms with Crippen LogP contribution in [-0.4, -0.2) is 42.2 Å². The van der Waals surface area contributed by atoms with Crippen molar-refractivity contribution in [3.05, 3.63) is 40.3 Å². The molecule has 8 nitrogen and oxygen atoms in total. The summed E-state index contributed by atoms with van der Waals surface area (Å²) >= 11 is 2.53. The summed E-state index contributed by atoms with van der Waals surface area (Å²) in [5, 5.41) is 5.09. The molecule has 2 amide bonds. The van der Waals surface area contributed by atoms with Crippen molar-refractivity contribution in [2.75, 3.05) is 23.8 Å². The number of fused-ring (bicyclic) bond motifs is 1. The lowest BCUT2D eigenvalue weighted by Gasteiger charge is -2.23. The summed E-state index contributed by atoms with van der Waals surface area (Å²) in [6.45, 7) is 5.01. The van der Waals surface area contributed by atoms with Gasteiger partial charge in [-0.2, -0.15) is 0 Å². The van der Waals surface area contributed by atoms with Crippen LogP contribution in [0, 0.1) is 13.8 Å². The van der Waals surface area contributed by atoms with Crippen molar-refractivity contribution >= 4 is 57.5 Å². The van der Waals surface area contributed by atoms with Gasteiger partial charge in [0.2, 0.25) is 5.91 Å². The Bertz CT molecular complexity index is 1030. The Hall–Kier alpha value is -2.85. The van der Waals surface area contributed by atoms with E-state index in [1.165, 1.54) is 23.1 Å². The maximum absolute atomic E-state index is 12.3. The molecule has 2 heterocycles. The Balaban J connectivity index is 1.55. The van der Waals surface area contributed by atoms with Gasteiger partial charge >= 0.3 is 11.9 Å². The van der Waals surface area contributed by atoms with Crippen LogP contribution in [-0.2, 0) is 23.9 Å². The second-order valence-corrected chi connectivity index (χ2v) is 9.18. The van der Waals surface area contributed by atoms with Gasteiger partial charge in [0.05, 0.1) is 29.5 Å². The number of thiophene rings is 1. The largest absolute Gasteiger partial charge is 0.462 e. The van der Waals surface area contributed by atoms with Crippen molar-refractivity contribution in [3.63, 3.8) is 0 Å². The molecule has 1 aliphatic heterocycles. The van der Waals surface area contributed by atoms with E-state index in [0.29, 0.717) is 16.3 Å². The Labute approximate surface area is 187 Å². The van der Waals surface area contributed by atoms with Gasteiger partial charge in [0, 0.05) is 9.77 Å². The molecule has 0 bridgehead atoms. The summed E-state index contributed by atoms with van der Waals surface area (Å²) < 4.78 is 10.1. The van der Waals surface area contributed by atoms with Gasteiger partial charge < -0.3 is 20.1 Å². The molecule has 3 rings (SSSR count). The summed E-state index contributed by atoms with van der Waals surface area (Å²) in [5.41, 5.74) is 1.75. The molecule has 1 atom stereocenters. The summed E-state index contributed by atoms with van der Waals surface area (Å²) in [5.74, 6) is -2.04. The number of anilines is 2. The number of hydrogen-bond acceptors (Lipinski definition) is 8. The van der Waals surface area contributed by atoms with Crippen LogP contribution in [0.3, 0.4) is 0 Å². The predicted octanol–water partition coefficient (Wildman–Crippen LogP) is 3.53. The smallest absolute Gasteiger partial charge is 0.341 e. The molecule has 0 radical (unpaired) electrons. The molecule has 1 aromatic carbocycles. The zero-order valence-corrected chi connectivity index (χ0v) is 18.9. The molecule has 2 aromatic rings. The van der Waals surface area contributed by atoms with Crippen LogP contribution in [0.1, 0.15) is 34.1 Å². The van der Waals surface area contributed by atoms with Gasteiger partial charge in [-0.05, 0) is 38.5 Å². The molecule has 0 saturated carbocycles. The molecule has 0 aliphatic carbocycles. The third kappa shape index (κ3) is 5.45. The van der Waals surface area contributed by atoms with Crippen LogP contribution in [0.2, 0.25) is 0 Å². The number of nitrogens with one attached hydrogen (secondary N) is 2. The fraction of sp³-hybridized carbons (Fsp3) is 0.333. The third-order valence-electron chi connectivity index (χ3n) is 4.54. The molecular formula is C21H22N2O6S2. The number of hydrogen-bond donors (Lipinski definition) is 2. The molecule has 31 heavy (non-hydrogen) atoms. The van der Waals surface area contributed by atoms with E-state index in [2.05, 4.69) is 10.6 Å². The molecule has 0 saturated heterocycles. The van der Waals surface area contributed by atoms with Crippen LogP contribution >= 0.6 is 23.1 Å². The number of aryl methyl sites for hydroxylation is 1. The van der Waals surface area contributed by atoms with E-state index >= 15 is 0 Å². The summed E-state index contributed by atoms with van der Waals surface area (Å²) in [6, 6.07) is 7.31. The highest BCUT2D eigenvalue weighted by Gasteiger charge is 2.29. The normalized spacial score (nSPS) is 14.9. The number of amides is 2. The van der Waals surface area contributed by atoms with Crippen molar-refractivity contribution in [2.24, 2.45) is 0 Å². The monoisotopic (exact) mass is 462 g/mol. The maximum Gasteiger partial charge on any atom is 0.341 e. The number of carbonyl (C=O) groups is 4. The van der Waals surface area contributed by atoms with E-state index in [1.54, 1.807) is 19.9 Å². The van der Waals surface area contributed by atoms with Gasteiger partial charge in [-0.15, -0.1) is 23.1 Å². The molecule has 0 fully saturated rings. The van der Waals surface area contributed by atoms with E-state index in [-0.39, 0.29) is 18.9 Å². The fourth-order valence-electron chi connectivity index (χ4n) is 2.91. The van der Waals surface area contributed by atoms with Crippen molar-refractivity contribution in [2.45, 2.75) is 37.3 Å². The van der Waals surface area contributed by atoms with Gasteiger partial charge in [-0.3, -0.25) is 14.4 Å². The first-order valence-electron chi connectivity index (χ1n) is 9.59. The van der Waals surface area contributed by atoms with E-state index in [9.17, 15) is 19.2 Å². The molecule has 164 valence electrons. The number of carbonyl (C=O) groups excluding carboxylic acids is 4. The van der Waals surface area contributed by atoms with Crippen molar-refractivity contribution in [3.8, 4) is 0 Å². The number of benzene rings is 1. The minimum absolute atomic E-state index is 0.163. The third-order valence-corrected chi connectivity index (χ3v) is 6.94. The van der Waals surface area contributed by atoms with Crippen LogP contribution in [0.4, 0.5) is 10.7 Å². The minimum Gasteiger partial charge on any atom is -0.462 e. The van der Waals surface area contributed by atoms with Gasteiger partial charge in [0.15, 0.2) is 6.61 Å². The first-order chi connectivity index (χ1) is 14.8. The van der Waals surface area contributed by atoms with E-state index in [4.69, 9.17) is 9.47 Å². The second kappa shape index (κ2) is 9.97. The Kier molecular flexibility index (Phi) is 7.34. The molecule has 1 aliphatic rings. The van der Waals surface area contributed by atoms with E-state index < -0.39 is 29.7 Å². The molecule has 10 heteroatoms. The van der Waals surface area contributed by atoms with Gasteiger partial charge in [0.1, 0.15) is 5.00 Å². The van der Waals surface area contributed by atoms with E-state index in [0.717, 1.165) is 15.3 Å². The highest BCUT2D eigenvalue weighted by atomic mass is 32.2. The van der Waals surface area contributed by atoms with Gasteiger partial charge in [0.25, 0.3) is 5.91 Å². The molecule has 0 spiro atoms. The SMILES string of the molecule is CCOC(=O)c1c(NC(=O)COC(=O)C[C@H]2Sc3ccccc3NC2=O)sc(C)c1C. The summed E-state index contributed by atoms with van der Waals surface area (Å²) in [6.07, 6.45) is -0.163. The number of para-hydroxylation sites is 1. The summed E-state index contributed by atoms with van der Waals surface area (Å²) in [7, 11) is 0. The minimum atomic E-state index is -0.661. The zero-order chi connectivity index (χ0) is 22.5. The lowest BCUT2D eigenvalue weighted by atomic mass is 10.1. The Morgan fingerprint density at radius 1 is 1.16 bits per heavy atom. The number of rotatable bonds is 7. The average Bonchev–Trinajstić information content (AvgIpc) is 3.00. The standard InChI is InChI=1S/C21H22N2O6S2/c1-4-28-21(27)18-11(2)12(3)30-20(18)23-16(24)10-29-17(25)9-15-19(26)22-13-7-5-6-8-14(13)31-15/h5-8,15H,4,9-10H2,1-3H3,(H,22,26)(H,23,24)/t15-/m1/s1. The van der Waals surface area contributed by atoms with Gasteiger partial charge in [-0.25, -0.2) is 4.79 Å². The molecule has 0 unspecified atom stereocenters. The van der Waals surface area contributed by atoms with Crippen LogP contribution in [0.5, 0.6) is 0 Å². The highest BCUT2D eigenvalue weighted by molar-refractivity contribution is 8.01. The highest BCUT2D eigenvalue weighted by Crippen LogP contribution is 2.37. The second-order valence-electron chi connectivity index (χ2n) is 6.71. The number of thioether (sulfide) groups is 1. The first kappa shape index (κ1) is 22.8.